The van der Waals surface area contributed by atoms with Gasteiger partial charge in [0.15, 0.2) is 0 Å². The Morgan fingerprint density at radius 3 is 2.50 bits per heavy atom. The Morgan fingerprint density at radius 1 is 1.05 bits per heavy atom. The second kappa shape index (κ2) is 5.26. The monoisotopic (exact) mass is 281 g/mol. The highest BCUT2D eigenvalue weighted by Crippen LogP contribution is 2.33. The van der Waals surface area contributed by atoms with E-state index in [1.54, 1.807) is 0 Å². The first-order valence-electron chi connectivity index (χ1n) is 6.85. The van der Waals surface area contributed by atoms with Crippen molar-refractivity contribution in [2.75, 3.05) is 0 Å². The van der Waals surface area contributed by atoms with Gasteiger partial charge in [-0.1, -0.05) is 54.9 Å². The summed E-state index contributed by atoms with van der Waals surface area (Å²) in [4.78, 5) is 4.80. The Morgan fingerprint density at radius 2 is 1.80 bits per heavy atom. The molecule has 1 aromatic heterocycles. The van der Waals surface area contributed by atoms with E-state index in [2.05, 4.69) is 37.3 Å². The van der Waals surface area contributed by atoms with E-state index in [1.165, 1.54) is 5.56 Å². The molecule has 0 saturated carbocycles. The molecule has 2 heteroatoms. The van der Waals surface area contributed by atoms with E-state index in [4.69, 9.17) is 16.6 Å². The van der Waals surface area contributed by atoms with E-state index >= 15 is 0 Å². The lowest BCUT2D eigenvalue weighted by Crippen LogP contribution is -1.93. The van der Waals surface area contributed by atoms with E-state index in [-0.39, 0.29) is 0 Å². The first-order valence-corrected chi connectivity index (χ1v) is 7.22. The van der Waals surface area contributed by atoms with Crippen LogP contribution in [-0.2, 0) is 6.42 Å². The van der Waals surface area contributed by atoms with Crippen molar-refractivity contribution in [1.29, 1.82) is 0 Å². The van der Waals surface area contributed by atoms with Crippen molar-refractivity contribution >= 4 is 22.5 Å². The molecular weight excluding hydrogens is 266 g/mol. The summed E-state index contributed by atoms with van der Waals surface area (Å²) in [6.45, 7) is 4.18. The zero-order valence-electron chi connectivity index (χ0n) is 11.7. The average molecular weight is 282 g/mol. The van der Waals surface area contributed by atoms with Crippen LogP contribution in [0.4, 0.5) is 0 Å². The summed E-state index contributed by atoms with van der Waals surface area (Å²) in [6, 6.07) is 16.5. The molecule has 0 aliphatic rings. The van der Waals surface area contributed by atoms with Gasteiger partial charge in [-0.15, -0.1) is 0 Å². The zero-order valence-corrected chi connectivity index (χ0v) is 12.4. The molecule has 0 amide bonds. The van der Waals surface area contributed by atoms with Crippen molar-refractivity contribution < 1.29 is 0 Å². The number of aromatic nitrogens is 1. The molecule has 0 atom stereocenters. The first kappa shape index (κ1) is 13.1. The molecule has 100 valence electrons. The van der Waals surface area contributed by atoms with Crippen molar-refractivity contribution in [2.24, 2.45) is 0 Å². The molecule has 0 fully saturated rings. The molecule has 3 aromatic rings. The zero-order chi connectivity index (χ0) is 14.1. The second-order valence-corrected chi connectivity index (χ2v) is 5.35. The predicted molar refractivity (Wildman–Crippen MR) is 86.3 cm³/mol. The molecule has 0 saturated heterocycles. The normalized spacial score (nSPS) is 10.9. The number of hydrogen-bond donors (Lipinski definition) is 0. The molecule has 1 nitrogen and oxygen atoms in total. The van der Waals surface area contributed by atoms with Crippen LogP contribution in [0.1, 0.15) is 18.1 Å². The molecule has 20 heavy (non-hydrogen) atoms. The minimum atomic E-state index is 0.809. The van der Waals surface area contributed by atoms with Gasteiger partial charge >= 0.3 is 0 Å². The van der Waals surface area contributed by atoms with Crippen molar-refractivity contribution in [3.63, 3.8) is 0 Å². The van der Waals surface area contributed by atoms with Gasteiger partial charge in [0.1, 0.15) is 0 Å². The SMILES string of the molecule is CCc1ccc2nc(-c3ccccc3)c(C)c(Cl)c2c1. The molecule has 0 radical (unpaired) electrons. The Hall–Kier alpha value is -1.86. The van der Waals surface area contributed by atoms with Gasteiger partial charge in [-0.05, 0) is 36.6 Å². The maximum atomic E-state index is 6.57. The third-order valence-corrected chi connectivity index (χ3v) is 4.16. The van der Waals surface area contributed by atoms with Crippen molar-refractivity contribution in [3.8, 4) is 11.3 Å². The standard InChI is InChI=1S/C18H16ClN/c1-3-13-9-10-16-15(11-13)17(19)12(2)18(20-16)14-7-5-4-6-8-14/h4-11H,3H2,1-2H3. The third-order valence-electron chi connectivity index (χ3n) is 3.67. The van der Waals surface area contributed by atoms with E-state index in [9.17, 15) is 0 Å². The Balaban J connectivity index is 2.29. The lowest BCUT2D eigenvalue weighted by atomic mass is 10.0. The summed E-state index contributed by atoms with van der Waals surface area (Å²) in [7, 11) is 0. The maximum Gasteiger partial charge on any atom is 0.0753 e. The van der Waals surface area contributed by atoms with Crippen LogP contribution in [0.3, 0.4) is 0 Å². The second-order valence-electron chi connectivity index (χ2n) is 4.97. The number of aryl methyl sites for hydroxylation is 1. The Labute approximate surface area is 124 Å². The van der Waals surface area contributed by atoms with E-state index in [0.717, 1.165) is 39.2 Å². The lowest BCUT2D eigenvalue weighted by Gasteiger charge is -2.11. The predicted octanol–water partition coefficient (Wildman–Crippen LogP) is 5.43. The van der Waals surface area contributed by atoms with Gasteiger partial charge < -0.3 is 0 Å². The van der Waals surface area contributed by atoms with Crippen LogP contribution in [0.2, 0.25) is 5.02 Å². The van der Waals surface area contributed by atoms with Crippen LogP contribution >= 0.6 is 11.6 Å². The summed E-state index contributed by atoms with van der Waals surface area (Å²) in [5.74, 6) is 0. The summed E-state index contributed by atoms with van der Waals surface area (Å²) < 4.78 is 0. The quantitative estimate of drug-likeness (QED) is 0.611. The van der Waals surface area contributed by atoms with Crippen LogP contribution in [0.5, 0.6) is 0 Å². The van der Waals surface area contributed by atoms with Gasteiger partial charge in [-0.3, -0.25) is 0 Å². The highest BCUT2D eigenvalue weighted by molar-refractivity contribution is 6.36. The molecule has 0 unspecified atom stereocenters. The van der Waals surface area contributed by atoms with Gasteiger partial charge in [-0.2, -0.15) is 0 Å². The minimum absolute atomic E-state index is 0.809. The summed E-state index contributed by atoms with van der Waals surface area (Å²) >= 11 is 6.57. The molecule has 0 bridgehead atoms. The molecule has 2 aromatic carbocycles. The molecule has 0 aliphatic heterocycles. The van der Waals surface area contributed by atoms with Gasteiger partial charge in [0.2, 0.25) is 0 Å². The summed E-state index contributed by atoms with van der Waals surface area (Å²) in [5, 5.41) is 1.85. The van der Waals surface area contributed by atoms with E-state index in [1.807, 2.05) is 25.1 Å². The number of hydrogen-bond acceptors (Lipinski definition) is 1. The number of halogens is 1. The Kier molecular flexibility index (Phi) is 3.45. The fourth-order valence-electron chi connectivity index (χ4n) is 2.46. The minimum Gasteiger partial charge on any atom is -0.247 e. The Bertz CT molecular complexity index is 763. The number of fused-ring (bicyclic) bond motifs is 1. The van der Waals surface area contributed by atoms with Crippen molar-refractivity contribution in [3.05, 3.63) is 64.7 Å². The smallest absolute Gasteiger partial charge is 0.0753 e. The summed E-state index contributed by atoms with van der Waals surface area (Å²) in [5.41, 5.74) is 5.35. The number of pyridine rings is 1. The first-order chi connectivity index (χ1) is 9.70. The number of rotatable bonds is 2. The average Bonchev–Trinajstić information content (AvgIpc) is 2.51. The summed E-state index contributed by atoms with van der Waals surface area (Å²) in [6.07, 6.45) is 1.01. The van der Waals surface area contributed by atoms with Gasteiger partial charge in [0.05, 0.1) is 16.2 Å². The van der Waals surface area contributed by atoms with Crippen LogP contribution in [0.25, 0.3) is 22.2 Å². The van der Waals surface area contributed by atoms with Crippen LogP contribution in [0.15, 0.2) is 48.5 Å². The third kappa shape index (κ3) is 2.19. The van der Waals surface area contributed by atoms with Gasteiger partial charge in [-0.25, -0.2) is 4.98 Å². The fourth-order valence-corrected chi connectivity index (χ4v) is 2.70. The molecule has 0 N–H and O–H groups in total. The van der Waals surface area contributed by atoms with E-state index in [0.29, 0.717) is 0 Å². The lowest BCUT2D eigenvalue weighted by molar-refractivity contribution is 1.14. The maximum absolute atomic E-state index is 6.57. The van der Waals surface area contributed by atoms with Crippen LogP contribution in [-0.4, -0.2) is 4.98 Å². The topological polar surface area (TPSA) is 12.9 Å². The van der Waals surface area contributed by atoms with E-state index < -0.39 is 0 Å². The van der Waals surface area contributed by atoms with Crippen LogP contribution < -0.4 is 0 Å². The highest BCUT2D eigenvalue weighted by Gasteiger charge is 2.11. The largest absolute Gasteiger partial charge is 0.247 e. The fraction of sp³-hybridized carbons (Fsp3) is 0.167. The number of nitrogens with zero attached hydrogens (tertiary/aromatic N) is 1. The molecular formula is C18H16ClN. The highest BCUT2D eigenvalue weighted by atomic mass is 35.5. The number of benzene rings is 2. The molecule has 0 aliphatic carbocycles. The van der Waals surface area contributed by atoms with Gasteiger partial charge in [0, 0.05) is 10.9 Å². The van der Waals surface area contributed by atoms with Crippen molar-refractivity contribution in [1.82, 2.24) is 4.98 Å². The van der Waals surface area contributed by atoms with Gasteiger partial charge in [0.25, 0.3) is 0 Å². The van der Waals surface area contributed by atoms with Crippen LogP contribution in [0, 0.1) is 6.92 Å². The molecule has 1 heterocycles. The van der Waals surface area contributed by atoms with Crippen molar-refractivity contribution in [2.45, 2.75) is 20.3 Å². The molecule has 3 rings (SSSR count). The molecule has 0 spiro atoms.